The van der Waals surface area contributed by atoms with Crippen molar-refractivity contribution in [3.05, 3.63) is 6.42 Å². The van der Waals surface area contributed by atoms with Gasteiger partial charge in [0, 0.05) is 0 Å². The van der Waals surface area contributed by atoms with Crippen molar-refractivity contribution in [1.82, 2.24) is 0 Å². The molecule has 0 heterocycles. The summed E-state index contributed by atoms with van der Waals surface area (Å²) in [6.45, 7) is 2.28. The highest BCUT2D eigenvalue weighted by atomic mass is 14.1. The third kappa shape index (κ3) is 0.735. The molecule has 1 aliphatic carbocycles. The minimum atomic E-state index is 0.921. The Bertz CT molecular complexity index is 33.3. The minimum Gasteiger partial charge on any atom is -0.0622 e. The van der Waals surface area contributed by atoms with Crippen LogP contribution < -0.4 is 0 Å². The number of rotatable bonds is 0. The van der Waals surface area contributed by atoms with Gasteiger partial charge in [0.1, 0.15) is 0 Å². The maximum Gasteiger partial charge on any atom is -0.0358 e. The van der Waals surface area contributed by atoms with Gasteiger partial charge in [0.05, 0.1) is 0 Å². The van der Waals surface area contributed by atoms with Gasteiger partial charge < -0.3 is 0 Å². The Balaban J connectivity index is 2.18. The molecule has 0 aromatic heterocycles. The van der Waals surface area contributed by atoms with Crippen LogP contribution in [0.1, 0.15) is 26.2 Å². The zero-order valence-electron chi connectivity index (χ0n) is 4.28. The van der Waals surface area contributed by atoms with E-state index in [-0.39, 0.29) is 0 Å². The molecule has 0 spiro atoms. The van der Waals surface area contributed by atoms with Crippen LogP contribution in [0.5, 0.6) is 0 Å². The summed E-state index contributed by atoms with van der Waals surface area (Å²) in [5, 5.41) is 0. The largest absolute Gasteiger partial charge is 0.0622 e. The van der Waals surface area contributed by atoms with Crippen LogP contribution in [0.15, 0.2) is 0 Å². The van der Waals surface area contributed by atoms with E-state index in [0.717, 1.165) is 5.92 Å². The third-order valence-electron chi connectivity index (χ3n) is 1.43. The standard InChI is InChI=1S/C6H11/c1-6-4-2-3-5-6/h4,6H,2-3,5H2,1H3/t6-/m1/s1. The normalized spacial score (nSPS) is 25.5. The highest BCUT2D eigenvalue weighted by Crippen LogP contribution is 2.21. The fourth-order valence-corrected chi connectivity index (χ4v) is 0.960. The quantitative estimate of drug-likeness (QED) is 0.420. The van der Waals surface area contributed by atoms with Crippen LogP contribution in [-0.2, 0) is 0 Å². The molecule has 0 aromatic rings. The molecule has 1 saturated carbocycles. The molecule has 0 aliphatic heterocycles. The summed E-state index contributed by atoms with van der Waals surface area (Å²) in [7, 11) is 0. The first-order chi connectivity index (χ1) is 2.89. The van der Waals surface area contributed by atoms with Crippen LogP contribution in [0.4, 0.5) is 0 Å². The molecule has 0 saturated heterocycles. The summed E-state index contributed by atoms with van der Waals surface area (Å²) in [4.78, 5) is 0. The van der Waals surface area contributed by atoms with E-state index in [0.29, 0.717) is 0 Å². The first-order valence-corrected chi connectivity index (χ1v) is 2.73. The molecule has 0 N–H and O–H groups in total. The lowest BCUT2D eigenvalue weighted by Gasteiger charge is -1.90. The molecule has 0 amide bonds. The maximum absolute atomic E-state index is 2.40. The van der Waals surface area contributed by atoms with Gasteiger partial charge in [-0.25, -0.2) is 0 Å². The first kappa shape index (κ1) is 4.17. The molecule has 0 bridgehead atoms. The smallest absolute Gasteiger partial charge is 0.0358 e. The van der Waals surface area contributed by atoms with Gasteiger partial charge in [0.2, 0.25) is 0 Å². The Morgan fingerprint density at radius 3 is 2.67 bits per heavy atom. The van der Waals surface area contributed by atoms with Gasteiger partial charge in [0.25, 0.3) is 0 Å². The SMILES string of the molecule is C[C@@H]1[CH]CCC1. The Kier molecular flexibility index (Phi) is 1.13. The summed E-state index contributed by atoms with van der Waals surface area (Å²) in [5.74, 6) is 0.921. The van der Waals surface area contributed by atoms with Gasteiger partial charge in [-0.1, -0.05) is 19.8 Å². The Hall–Kier alpha value is 0. The van der Waals surface area contributed by atoms with Crippen LogP contribution in [0.25, 0.3) is 0 Å². The monoisotopic (exact) mass is 83.1 g/mol. The van der Waals surface area contributed by atoms with Crippen LogP contribution in [0.3, 0.4) is 0 Å². The predicted octanol–water partition coefficient (Wildman–Crippen LogP) is 2.01. The van der Waals surface area contributed by atoms with Crippen LogP contribution >= 0.6 is 0 Å². The summed E-state index contributed by atoms with van der Waals surface area (Å²) in [6, 6.07) is 0. The van der Waals surface area contributed by atoms with Crippen molar-refractivity contribution in [3.8, 4) is 0 Å². The third-order valence-corrected chi connectivity index (χ3v) is 1.43. The van der Waals surface area contributed by atoms with Gasteiger partial charge in [-0.05, 0) is 18.8 Å². The van der Waals surface area contributed by atoms with E-state index in [2.05, 4.69) is 13.3 Å². The van der Waals surface area contributed by atoms with Gasteiger partial charge >= 0.3 is 0 Å². The van der Waals surface area contributed by atoms with Crippen molar-refractivity contribution >= 4 is 0 Å². The number of hydrogen-bond acceptors (Lipinski definition) is 0. The molecular weight excluding hydrogens is 72.1 g/mol. The zero-order chi connectivity index (χ0) is 4.41. The van der Waals surface area contributed by atoms with Crippen molar-refractivity contribution in [2.45, 2.75) is 26.2 Å². The highest BCUT2D eigenvalue weighted by molar-refractivity contribution is 4.79. The minimum absolute atomic E-state index is 0.921. The molecule has 0 nitrogen and oxygen atoms in total. The molecule has 1 fully saturated rings. The van der Waals surface area contributed by atoms with E-state index >= 15 is 0 Å². The molecule has 35 valence electrons. The Morgan fingerprint density at radius 2 is 2.50 bits per heavy atom. The molecule has 1 atom stereocenters. The lowest BCUT2D eigenvalue weighted by Crippen LogP contribution is -1.79. The summed E-state index contributed by atoms with van der Waals surface area (Å²) in [5.41, 5.74) is 0. The van der Waals surface area contributed by atoms with Crippen LogP contribution in [-0.4, -0.2) is 0 Å². The molecule has 0 heteroatoms. The van der Waals surface area contributed by atoms with Crippen molar-refractivity contribution in [2.24, 2.45) is 5.92 Å². The average molecular weight is 83.2 g/mol. The van der Waals surface area contributed by atoms with E-state index in [4.69, 9.17) is 0 Å². The predicted molar refractivity (Wildman–Crippen MR) is 27.3 cm³/mol. The Labute approximate surface area is 39.6 Å². The molecule has 1 aliphatic rings. The average Bonchev–Trinajstić information content (AvgIpc) is 1.86. The first-order valence-electron chi connectivity index (χ1n) is 2.73. The van der Waals surface area contributed by atoms with Gasteiger partial charge in [-0.15, -0.1) is 0 Å². The second-order valence-electron chi connectivity index (χ2n) is 2.14. The lowest BCUT2D eigenvalue weighted by atomic mass is 10.2. The topological polar surface area (TPSA) is 0 Å². The molecule has 1 rings (SSSR count). The van der Waals surface area contributed by atoms with E-state index < -0.39 is 0 Å². The van der Waals surface area contributed by atoms with Crippen molar-refractivity contribution in [1.29, 1.82) is 0 Å². The second kappa shape index (κ2) is 1.63. The molecule has 6 heavy (non-hydrogen) atoms. The zero-order valence-corrected chi connectivity index (χ0v) is 4.28. The van der Waals surface area contributed by atoms with E-state index in [1.165, 1.54) is 19.3 Å². The van der Waals surface area contributed by atoms with E-state index in [1.807, 2.05) is 0 Å². The lowest BCUT2D eigenvalue weighted by molar-refractivity contribution is 0.692. The molecule has 0 aromatic carbocycles. The van der Waals surface area contributed by atoms with Gasteiger partial charge in [0.15, 0.2) is 0 Å². The summed E-state index contributed by atoms with van der Waals surface area (Å²) < 4.78 is 0. The second-order valence-corrected chi connectivity index (χ2v) is 2.14. The summed E-state index contributed by atoms with van der Waals surface area (Å²) >= 11 is 0. The van der Waals surface area contributed by atoms with Crippen molar-refractivity contribution < 1.29 is 0 Å². The fourth-order valence-electron chi connectivity index (χ4n) is 0.960. The summed E-state index contributed by atoms with van der Waals surface area (Å²) in [6.07, 6.45) is 6.63. The highest BCUT2D eigenvalue weighted by Gasteiger charge is 2.07. The van der Waals surface area contributed by atoms with E-state index in [9.17, 15) is 0 Å². The fraction of sp³-hybridized carbons (Fsp3) is 0.833. The van der Waals surface area contributed by atoms with Crippen molar-refractivity contribution in [2.75, 3.05) is 0 Å². The van der Waals surface area contributed by atoms with E-state index in [1.54, 1.807) is 0 Å². The molecular formula is C6H11. The van der Waals surface area contributed by atoms with Gasteiger partial charge in [-0.3, -0.25) is 0 Å². The molecule has 1 radical (unpaired) electrons. The van der Waals surface area contributed by atoms with Crippen LogP contribution in [0.2, 0.25) is 0 Å². The molecule has 0 unspecified atom stereocenters. The maximum atomic E-state index is 2.40. The Morgan fingerprint density at radius 1 is 1.67 bits per heavy atom. The number of hydrogen-bond donors (Lipinski definition) is 0. The van der Waals surface area contributed by atoms with Crippen molar-refractivity contribution in [3.63, 3.8) is 0 Å². The van der Waals surface area contributed by atoms with Gasteiger partial charge in [-0.2, -0.15) is 0 Å². The van der Waals surface area contributed by atoms with Crippen LogP contribution in [0, 0.1) is 12.3 Å².